The Hall–Kier alpha value is -0.570. The largest absolute Gasteiger partial charge is 0.358 e. The third-order valence-electron chi connectivity index (χ3n) is 1.46. The first kappa shape index (κ1) is 14.9. The predicted octanol–water partition coefficient (Wildman–Crippen LogP) is 1.52. The summed E-state index contributed by atoms with van der Waals surface area (Å²) >= 11 is 0. The maximum Gasteiger partial charge on any atom is 0.233 e. The summed E-state index contributed by atoms with van der Waals surface area (Å²) in [5.41, 5.74) is 5.42. The molecular weight excluding hydrogens is 164 g/mol. The number of carbonyl (C=O) groups excluding carboxylic acids is 1. The molecule has 3 heteroatoms. The Bertz CT molecular complexity index is 121. The molecule has 0 spiro atoms. The van der Waals surface area contributed by atoms with Crippen LogP contribution in [-0.2, 0) is 4.79 Å². The van der Waals surface area contributed by atoms with Gasteiger partial charge in [-0.05, 0) is 11.8 Å². The van der Waals surface area contributed by atoms with E-state index in [1.54, 1.807) is 7.05 Å². The van der Waals surface area contributed by atoms with Crippen LogP contribution in [0, 0.1) is 5.41 Å². The molecule has 0 heterocycles. The molecule has 0 fully saturated rings. The third-order valence-corrected chi connectivity index (χ3v) is 1.46. The van der Waals surface area contributed by atoms with Gasteiger partial charge in [-0.2, -0.15) is 0 Å². The number of nitrogens with two attached hydrogens (primary N) is 1. The fraction of sp³-hybridized carbons (Fsp3) is 0.900. The summed E-state index contributed by atoms with van der Waals surface area (Å²) in [7, 11) is 1.55. The lowest BCUT2D eigenvalue weighted by molar-refractivity contribution is -0.119. The first-order chi connectivity index (χ1) is 5.87. The third kappa shape index (κ3) is 18.4. The molecule has 80 valence electrons. The molecule has 1 amide bonds. The molecular formula is C10H24N2O. The van der Waals surface area contributed by atoms with Crippen molar-refractivity contribution in [3.63, 3.8) is 0 Å². The second kappa shape index (κ2) is 8.05. The van der Waals surface area contributed by atoms with Crippen LogP contribution in [0.25, 0.3) is 0 Å². The van der Waals surface area contributed by atoms with E-state index in [1.807, 2.05) is 0 Å². The minimum Gasteiger partial charge on any atom is -0.358 e. The van der Waals surface area contributed by atoms with E-state index in [0.717, 1.165) is 0 Å². The fourth-order valence-electron chi connectivity index (χ4n) is 0.852. The van der Waals surface area contributed by atoms with Gasteiger partial charge in [-0.25, -0.2) is 0 Å². The van der Waals surface area contributed by atoms with Gasteiger partial charge in [0, 0.05) is 7.05 Å². The van der Waals surface area contributed by atoms with Gasteiger partial charge < -0.3 is 11.1 Å². The monoisotopic (exact) mass is 188 g/mol. The van der Waals surface area contributed by atoms with Crippen LogP contribution in [0.3, 0.4) is 0 Å². The average molecular weight is 188 g/mol. The van der Waals surface area contributed by atoms with Crippen molar-refractivity contribution in [1.29, 1.82) is 0 Å². The minimum absolute atomic E-state index is 0.0799. The lowest BCUT2D eigenvalue weighted by atomic mass is 9.91. The molecule has 0 aliphatic carbocycles. The summed E-state index contributed by atoms with van der Waals surface area (Å²) in [6, 6.07) is 0. The molecule has 3 N–H and O–H groups in total. The minimum atomic E-state index is -0.130. The summed E-state index contributed by atoms with van der Waals surface area (Å²) in [6.45, 7) is 9.13. The normalized spacial score (nSPS) is 10.0. The molecule has 3 nitrogen and oxygen atoms in total. The van der Waals surface area contributed by atoms with Crippen molar-refractivity contribution in [1.82, 2.24) is 5.32 Å². The predicted molar refractivity (Wildman–Crippen MR) is 57.5 cm³/mol. The maximum atomic E-state index is 9.94. The second-order valence-electron chi connectivity index (χ2n) is 4.19. The summed E-state index contributed by atoms with van der Waals surface area (Å²) in [5.74, 6) is -0.130. The molecule has 0 saturated carbocycles. The number of hydrogen-bond acceptors (Lipinski definition) is 2. The van der Waals surface area contributed by atoms with Crippen molar-refractivity contribution in [2.24, 2.45) is 11.1 Å². The van der Waals surface area contributed by atoms with E-state index < -0.39 is 0 Å². The highest BCUT2D eigenvalue weighted by atomic mass is 16.1. The van der Waals surface area contributed by atoms with Gasteiger partial charge in [-0.1, -0.05) is 34.1 Å². The van der Waals surface area contributed by atoms with E-state index in [2.05, 4.69) is 33.0 Å². The van der Waals surface area contributed by atoms with E-state index in [-0.39, 0.29) is 12.5 Å². The summed E-state index contributed by atoms with van der Waals surface area (Å²) in [4.78, 5) is 9.94. The van der Waals surface area contributed by atoms with Crippen LogP contribution in [0.2, 0.25) is 0 Å². The van der Waals surface area contributed by atoms with Crippen LogP contribution < -0.4 is 11.1 Å². The van der Waals surface area contributed by atoms with E-state index >= 15 is 0 Å². The Morgan fingerprint density at radius 2 is 1.85 bits per heavy atom. The van der Waals surface area contributed by atoms with Crippen LogP contribution in [0.15, 0.2) is 0 Å². The standard InChI is InChI=1S/C7H16.C3H8N2O/c1-5-6-7(2,3)4;1-5-3(6)2-4/h5-6H2,1-4H3;2,4H2,1H3,(H,5,6). The molecule has 0 unspecified atom stereocenters. The van der Waals surface area contributed by atoms with Crippen LogP contribution in [0.4, 0.5) is 0 Å². The zero-order chi connectivity index (χ0) is 10.9. The lowest BCUT2D eigenvalue weighted by Crippen LogP contribution is -2.26. The van der Waals surface area contributed by atoms with Gasteiger partial charge in [0.1, 0.15) is 0 Å². The van der Waals surface area contributed by atoms with Crippen molar-refractivity contribution >= 4 is 5.91 Å². The van der Waals surface area contributed by atoms with Crippen molar-refractivity contribution in [3.05, 3.63) is 0 Å². The molecule has 0 aromatic rings. The molecule has 0 aromatic carbocycles. The summed E-state index contributed by atoms with van der Waals surface area (Å²) < 4.78 is 0. The number of likely N-dealkylation sites (N-methyl/N-ethyl adjacent to an activating group) is 1. The van der Waals surface area contributed by atoms with Gasteiger partial charge in [0.05, 0.1) is 6.54 Å². The van der Waals surface area contributed by atoms with Gasteiger partial charge >= 0.3 is 0 Å². The molecule has 0 aliphatic rings. The lowest BCUT2D eigenvalue weighted by Gasteiger charge is -2.15. The smallest absolute Gasteiger partial charge is 0.233 e. The zero-order valence-corrected chi connectivity index (χ0v) is 9.61. The Labute approximate surface area is 82.1 Å². The van der Waals surface area contributed by atoms with Gasteiger partial charge in [0.15, 0.2) is 0 Å². The van der Waals surface area contributed by atoms with Crippen LogP contribution >= 0.6 is 0 Å². The van der Waals surface area contributed by atoms with E-state index in [9.17, 15) is 4.79 Å². The van der Waals surface area contributed by atoms with E-state index in [1.165, 1.54) is 12.8 Å². The van der Waals surface area contributed by atoms with E-state index in [0.29, 0.717) is 5.41 Å². The average Bonchev–Trinajstić information content (AvgIpc) is 2.02. The fourth-order valence-corrected chi connectivity index (χ4v) is 0.852. The molecule has 0 aromatic heterocycles. The SMILES string of the molecule is CCCC(C)(C)C.CNC(=O)CN. The number of rotatable bonds is 2. The first-order valence-electron chi connectivity index (χ1n) is 4.78. The zero-order valence-electron chi connectivity index (χ0n) is 9.61. The topological polar surface area (TPSA) is 55.1 Å². The number of carbonyl (C=O) groups is 1. The Balaban J connectivity index is 0. The highest BCUT2D eigenvalue weighted by molar-refractivity contribution is 5.77. The highest BCUT2D eigenvalue weighted by Gasteiger charge is 2.06. The molecule has 0 aliphatic heterocycles. The molecule has 0 atom stereocenters. The van der Waals surface area contributed by atoms with Crippen LogP contribution in [0.1, 0.15) is 40.5 Å². The van der Waals surface area contributed by atoms with E-state index in [4.69, 9.17) is 5.73 Å². The molecule has 0 saturated heterocycles. The van der Waals surface area contributed by atoms with Gasteiger partial charge in [0.2, 0.25) is 5.91 Å². The van der Waals surface area contributed by atoms with Crippen molar-refractivity contribution in [2.45, 2.75) is 40.5 Å². The van der Waals surface area contributed by atoms with Crippen LogP contribution in [0.5, 0.6) is 0 Å². The quantitative estimate of drug-likeness (QED) is 0.690. The number of nitrogens with one attached hydrogen (secondary N) is 1. The Kier molecular flexibility index (Phi) is 9.24. The van der Waals surface area contributed by atoms with Gasteiger partial charge in [-0.15, -0.1) is 0 Å². The Morgan fingerprint density at radius 1 is 1.38 bits per heavy atom. The second-order valence-corrected chi connectivity index (χ2v) is 4.19. The van der Waals surface area contributed by atoms with Crippen molar-refractivity contribution < 1.29 is 4.79 Å². The highest BCUT2D eigenvalue weighted by Crippen LogP contribution is 2.19. The summed E-state index contributed by atoms with van der Waals surface area (Å²) in [6.07, 6.45) is 2.65. The summed E-state index contributed by atoms with van der Waals surface area (Å²) in [5, 5.41) is 2.35. The molecule has 13 heavy (non-hydrogen) atoms. The maximum absolute atomic E-state index is 9.94. The van der Waals surface area contributed by atoms with Crippen LogP contribution in [-0.4, -0.2) is 19.5 Å². The van der Waals surface area contributed by atoms with Crippen molar-refractivity contribution in [2.75, 3.05) is 13.6 Å². The molecule has 0 radical (unpaired) electrons. The van der Waals surface area contributed by atoms with Gasteiger partial charge in [0.25, 0.3) is 0 Å². The number of hydrogen-bond donors (Lipinski definition) is 2. The van der Waals surface area contributed by atoms with Gasteiger partial charge in [-0.3, -0.25) is 4.79 Å². The van der Waals surface area contributed by atoms with Crippen molar-refractivity contribution in [3.8, 4) is 0 Å². The first-order valence-corrected chi connectivity index (χ1v) is 4.78. The molecule has 0 bridgehead atoms. The number of amides is 1. The Morgan fingerprint density at radius 3 is 1.85 bits per heavy atom. The molecule has 0 rings (SSSR count).